The highest BCUT2D eigenvalue weighted by Gasteiger charge is 1.98. The zero-order valence-electron chi connectivity index (χ0n) is 7.34. The fourth-order valence-corrected chi connectivity index (χ4v) is 2.12. The van der Waals surface area contributed by atoms with Crippen molar-refractivity contribution in [2.75, 3.05) is 6.38 Å². The average Bonchev–Trinajstić information content (AvgIpc) is 2.48. The van der Waals surface area contributed by atoms with Gasteiger partial charge in [0.15, 0.2) is 0 Å². The molecule has 4 heteroatoms. The topological polar surface area (TPSA) is 12.9 Å². The Morgan fingerprint density at radius 3 is 2.69 bits per heavy atom. The van der Waals surface area contributed by atoms with Gasteiger partial charge in [-0.1, -0.05) is 11.6 Å². The first-order chi connectivity index (χ1) is 6.25. The minimum atomic E-state index is 0.779. The monoisotopic (exact) mass is 233 g/mol. The molecule has 1 aromatic carbocycles. The van der Waals surface area contributed by atoms with Crippen molar-refractivity contribution < 1.29 is 0 Å². The fourth-order valence-electron chi connectivity index (χ4n) is 1.01. The zero-order chi connectivity index (χ0) is 9.84. The van der Waals surface area contributed by atoms with Crippen molar-refractivity contribution in [1.29, 1.82) is 0 Å². The molecule has 1 heterocycles. The second-order valence-electron chi connectivity index (χ2n) is 2.34. The van der Waals surface area contributed by atoms with Crippen LogP contribution >= 0.6 is 34.5 Å². The Balaban J connectivity index is 0.000000396. The Hall–Kier alpha value is -0.310. The highest BCUT2D eigenvalue weighted by molar-refractivity contribution is 7.18. The lowest BCUT2D eigenvalue weighted by atomic mass is 10.3. The number of nitrogens with zero attached hydrogens (tertiary/aromatic N) is 1. The standard InChI is InChI=1S/C8H6ClNS.CH3Cl/c1-5-10-7-3-2-6(9)4-8(7)11-5;1-2/h2-4H,1H3;1H3. The van der Waals surface area contributed by atoms with E-state index in [4.69, 9.17) is 11.6 Å². The molecule has 0 N–H and O–H groups in total. The number of thiazole rings is 1. The van der Waals surface area contributed by atoms with Crippen LogP contribution in [0.2, 0.25) is 5.02 Å². The van der Waals surface area contributed by atoms with Crippen LogP contribution in [0.4, 0.5) is 0 Å². The van der Waals surface area contributed by atoms with Crippen molar-refractivity contribution in [3.63, 3.8) is 0 Å². The summed E-state index contributed by atoms with van der Waals surface area (Å²) in [5.41, 5.74) is 1.04. The molecule has 0 radical (unpaired) electrons. The number of fused-ring (bicyclic) bond motifs is 1. The molecule has 70 valence electrons. The summed E-state index contributed by atoms with van der Waals surface area (Å²) in [7, 11) is 0. The number of aryl methyl sites for hydroxylation is 1. The molecule has 0 spiro atoms. The molecule has 0 atom stereocenters. The molecule has 13 heavy (non-hydrogen) atoms. The first-order valence-electron chi connectivity index (χ1n) is 3.66. The fraction of sp³-hybridized carbons (Fsp3) is 0.222. The Morgan fingerprint density at radius 1 is 1.31 bits per heavy atom. The highest BCUT2D eigenvalue weighted by Crippen LogP contribution is 2.24. The Morgan fingerprint density at radius 2 is 2.00 bits per heavy atom. The average molecular weight is 234 g/mol. The van der Waals surface area contributed by atoms with Crippen LogP contribution < -0.4 is 0 Å². The lowest BCUT2D eigenvalue weighted by molar-refractivity contribution is 1.35. The van der Waals surface area contributed by atoms with Gasteiger partial charge in [0.2, 0.25) is 0 Å². The summed E-state index contributed by atoms with van der Waals surface area (Å²) in [6, 6.07) is 5.76. The van der Waals surface area contributed by atoms with Gasteiger partial charge in [0.1, 0.15) is 0 Å². The molecule has 0 aliphatic rings. The Bertz CT molecular complexity index is 397. The maximum absolute atomic E-state index is 5.81. The lowest BCUT2D eigenvalue weighted by Crippen LogP contribution is -1.67. The third-order valence-corrected chi connectivity index (χ3v) is 2.63. The number of alkyl halides is 1. The largest absolute Gasteiger partial charge is 0.242 e. The number of benzene rings is 1. The molecule has 2 rings (SSSR count). The van der Waals surface area contributed by atoms with E-state index in [9.17, 15) is 0 Å². The van der Waals surface area contributed by atoms with E-state index >= 15 is 0 Å². The van der Waals surface area contributed by atoms with Crippen LogP contribution in [-0.4, -0.2) is 11.4 Å². The Kier molecular flexibility index (Phi) is 3.97. The summed E-state index contributed by atoms with van der Waals surface area (Å²) >= 11 is 12.1. The highest BCUT2D eigenvalue weighted by atomic mass is 35.5. The van der Waals surface area contributed by atoms with Crippen LogP contribution in [0.3, 0.4) is 0 Å². The molecule has 0 amide bonds. The van der Waals surface area contributed by atoms with Gasteiger partial charge < -0.3 is 0 Å². The quantitative estimate of drug-likeness (QED) is 0.625. The second-order valence-corrected chi connectivity index (χ2v) is 4.02. The minimum absolute atomic E-state index is 0.779. The van der Waals surface area contributed by atoms with E-state index in [1.54, 1.807) is 11.3 Å². The second kappa shape index (κ2) is 4.80. The van der Waals surface area contributed by atoms with E-state index < -0.39 is 0 Å². The van der Waals surface area contributed by atoms with Crippen molar-refractivity contribution in [2.24, 2.45) is 0 Å². The van der Waals surface area contributed by atoms with Crippen molar-refractivity contribution in [1.82, 2.24) is 4.98 Å². The number of halogens is 2. The molecule has 2 aromatic rings. The molecule has 0 saturated carbocycles. The maximum atomic E-state index is 5.81. The first kappa shape index (κ1) is 10.8. The number of aromatic nitrogens is 1. The van der Waals surface area contributed by atoms with Gasteiger partial charge in [-0.3, -0.25) is 0 Å². The minimum Gasteiger partial charge on any atom is -0.242 e. The predicted molar refractivity (Wildman–Crippen MR) is 61.1 cm³/mol. The Labute approximate surface area is 91.3 Å². The summed E-state index contributed by atoms with van der Waals surface area (Å²) in [5, 5.41) is 1.86. The van der Waals surface area contributed by atoms with Crippen molar-refractivity contribution in [3.05, 3.63) is 28.2 Å². The van der Waals surface area contributed by atoms with Gasteiger partial charge in [0.05, 0.1) is 15.2 Å². The number of rotatable bonds is 0. The first-order valence-corrected chi connectivity index (χ1v) is 5.61. The van der Waals surface area contributed by atoms with E-state index in [1.165, 1.54) is 6.38 Å². The van der Waals surface area contributed by atoms with Gasteiger partial charge in [0.25, 0.3) is 0 Å². The smallest absolute Gasteiger partial charge is 0.0907 e. The molecule has 0 aliphatic heterocycles. The van der Waals surface area contributed by atoms with Gasteiger partial charge in [-0.05, 0) is 25.1 Å². The maximum Gasteiger partial charge on any atom is 0.0907 e. The molecular weight excluding hydrogens is 225 g/mol. The van der Waals surface area contributed by atoms with E-state index in [2.05, 4.69) is 16.6 Å². The van der Waals surface area contributed by atoms with E-state index in [0.717, 1.165) is 20.2 Å². The molecular formula is C9H9Cl2NS. The summed E-state index contributed by atoms with van der Waals surface area (Å²) in [6.45, 7) is 2.00. The SMILES string of the molecule is CCl.Cc1nc2ccc(Cl)cc2s1. The summed E-state index contributed by atoms with van der Waals surface area (Å²) in [5.74, 6) is 0. The number of hydrogen-bond donors (Lipinski definition) is 0. The normalized spacial score (nSPS) is 9.54. The van der Waals surface area contributed by atoms with Gasteiger partial charge in [-0.2, -0.15) is 0 Å². The van der Waals surface area contributed by atoms with Crippen LogP contribution in [0.5, 0.6) is 0 Å². The predicted octanol–water partition coefficient (Wildman–Crippen LogP) is 4.11. The summed E-state index contributed by atoms with van der Waals surface area (Å²) < 4.78 is 1.16. The van der Waals surface area contributed by atoms with E-state index in [0.29, 0.717) is 0 Å². The van der Waals surface area contributed by atoms with Crippen LogP contribution in [-0.2, 0) is 0 Å². The van der Waals surface area contributed by atoms with Gasteiger partial charge in [-0.25, -0.2) is 4.98 Å². The van der Waals surface area contributed by atoms with Gasteiger partial charge >= 0.3 is 0 Å². The summed E-state index contributed by atoms with van der Waals surface area (Å²) in [4.78, 5) is 4.31. The van der Waals surface area contributed by atoms with Crippen LogP contribution in [0.25, 0.3) is 10.2 Å². The number of hydrogen-bond acceptors (Lipinski definition) is 2. The summed E-state index contributed by atoms with van der Waals surface area (Å²) in [6.07, 6.45) is 1.47. The van der Waals surface area contributed by atoms with Crippen LogP contribution in [0.15, 0.2) is 18.2 Å². The molecule has 0 aliphatic carbocycles. The van der Waals surface area contributed by atoms with Crippen LogP contribution in [0.1, 0.15) is 5.01 Å². The molecule has 0 saturated heterocycles. The van der Waals surface area contributed by atoms with Crippen molar-refractivity contribution in [3.8, 4) is 0 Å². The van der Waals surface area contributed by atoms with Crippen LogP contribution in [0, 0.1) is 6.92 Å². The third-order valence-electron chi connectivity index (χ3n) is 1.46. The lowest BCUT2D eigenvalue weighted by Gasteiger charge is -1.86. The van der Waals surface area contributed by atoms with Gasteiger partial charge in [-0.15, -0.1) is 22.9 Å². The molecule has 0 bridgehead atoms. The molecule has 1 nitrogen and oxygen atoms in total. The third kappa shape index (κ3) is 2.56. The molecule has 1 aromatic heterocycles. The molecule has 0 fully saturated rings. The van der Waals surface area contributed by atoms with E-state index in [1.807, 2.05) is 25.1 Å². The zero-order valence-corrected chi connectivity index (χ0v) is 9.67. The van der Waals surface area contributed by atoms with Crippen molar-refractivity contribution >= 4 is 44.8 Å². The molecule has 0 unspecified atom stereocenters. The van der Waals surface area contributed by atoms with Crippen molar-refractivity contribution in [2.45, 2.75) is 6.92 Å². The van der Waals surface area contributed by atoms with Gasteiger partial charge in [0, 0.05) is 11.4 Å². The van der Waals surface area contributed by atoms with E-state index in [-0.39, 0.29) is 0 Å².